The van der Waals surface area contributed by atoms with Crippen LogP contribution < -0.4 is 11.1 Å². The van der Waals surface area contributed by atoms with E-state index >= 15 is 0 Å². The molecule has 0 aliphatic heterocycles. The smallest absolute Gasteiger partial charge is 0.300 e. The van der Waals surface area contributed by atoms with Crippen LogP contribution in [0.4, 0.5) is 17.5 Å². The number of carboxylic acid groups (broad SMARTS) is 1. The number of hydrogen-bond acceptors (Lipinski definition) is 6. The summed E-state index contributed by atoms with van der Waals surface area (Å²) >= 11 is 0. The van der Waals surface area contributed by atoms with Crippen LogP contribution in [0.1, 0.15) is 12.5 Å². The molecule has 0 unspecified atom stereocenters. The lowest BCUT2D eigenvalue weighted by Crippen LogP contribution is -1.99. The minimum atomic E-state index is -0.833. The molecule has 3 aromatic heterocycles. The fraction of sp³-hybridized carbons (Fsp3) is 0.0909. The molecule has 31 heavy (non-hydrogen) atoms. The van der Waals surface area contributed by atoms with Crippen LogP contribution in [-0.4, -0.2) is 36.2 Å². The van der Waals surface area contributed by atoms with Crippen LogP contribution in [0.5, 0.6) is 0 Å². The topological polar surface area (TPSA) is 146 Å². The van der Waals surface area contributed by atoms with Gasteiger partial charge in [-0.1, -0.05) is 12.1 Å². The molecule has 6 N–H and O–H groups in total. The van der Waals surface area contributed by atoms with Gasteiger partial charge in [0.1, 0.15) is 5.82 Å². The summed E-state index contributed by atoms with van der Waals surface area (Å²) in [5.41, 5.74) is 11.9. The first-order valence-corrected chi connectivity index (χ1v) is 9.51. The van der Waals surface area contributed by atoms with Gasteiger partial charge in [0.25, 0.3) is 5.97 Å². The molecule has 0 saturated carbocycles. The van der Waals surface area contributed by atoms with Gasteiger partial charge in [-0.05, 0) is 42.8 Å². The molecule has 9 heteroatoms. The van der Waals surface area contributed by atoms with E-state index in [2.05, 4.69) is 67.7 Å². The third-order valence-electron chi connectivity index (χ3n) is 4.56. The van der Waals surface area contributed by atoms with Crippen LogP contribution in [-0.2, 0) is 4.79 Å². The van der Waals surface area contributed by atoms with E-state index in [0.717, 1.165) is 40.3 Å². The Morgan fingerprint density at radius 3 is 2.71 bits per heavy atom. The van der Waals surface area contributed by atoms with Crippen molar-refractivity contribution in [3.8, 4) is 11.3 Å². The zero-order valence-corrected chi connectivity index (χ0v) is 17.0. The first-order chi connectivity index (χ1) is 14.9. The number of fused-ring (bicyclic) bond motifs is 2. The van der Waals surface area contributed by atoms with Crippen LogP contribution in [0.3, 0.4) is 0 Å². The average molecular weight is 415 g/mol. The van der Waals surface area contributed by atoms with Gasteiger partial charge in [-0.3, -0.25) is 9.89 Å². The number of aromatic amines is 2. The third kappa shape index (κ3) is 4.45. The van der Waals surface area contributed by atoms with Crippen LogP contribution in [0.25, 0.3) is 33.1 Å². The lowest BCUT2D eigenvalue weighted by Gasteiger charge is -2.09. The van der Waals surface area contributed by atoms with E-state index in [1.54, 1.807) is 12.3 Å². The molecule has 2 aromatic carbocycles. The fourth-order valence-corrected chi connectivity index (χ4v) is 3.32. The molecule has 3 heterocycles. The van der Waals surface area contributed by atoms with E-state index in [1.165, 1.54) is 10.9 Å². The zero-order valence-electron chi connectivity index (χ0n) is 17.0. The number of aliphatic carboxylic acids is 1. The molecule has 0 aliphatic rings. The van der Waals surface area contributed by atoms with Crippen molar-refractivity contribution in [2.24, 2.45) is 0 Å². The quantitative estimate of drug-likeness (QED) is 0.296. The van der Waals surface area contributed by atoms with Gasteiger partial charge in [-0.2, -0.15) is 10.1 Å². The van der Waals surface area contributed by atoms with Gasteiger partial charge in [-0.25, -0.2) is 4.98 Å². The molecule has 0 amide bonds. The number of nitrogens with zero attached hydrogens (tertiary/aromatic N) is 3. The van der Waals surface area contributed by atoms with Crippen molar-refractivity contribution in [3.05, 3.63) is 60.4 Å². The number of carbonyl (C=O) groups is 1. The molecule has 0 fully saturated rings. The van der Waals surface area contributed by atoms with Gasteiger partial charge < -0.3 is 21.1 Å². The predicted molar refractivity (Wildman–Crippen MR) is 121 cm³/mol. The molecule has 5 aromatic rings. The summed E-state index contributed by atoms with van der Waals surface area (Å²) in [6.45, 7) is 3.17. The maximum Gasteiger partial charge on any atom is 0.300 e. The molecule has 9 nitrogen and oxygen atoms in total. The number of H-pyrrole nitrogens is 2. The molecule has 0 radical (unpaired) electrons. The van der Waals surface area contributed by atoms with Crippen molar-refractivity contribution in [2.75, 3.05) is 11.1 Å². The van der Waals surface area contributed by atoms with Crippen molar-refractivity contribution in [3.63, 3.8) is 0 Å². The van der Waals surface area contributed by atoms with Gasteiger partial charge in [0.2, 0.25) is 5.95 Å². The fourth-order valence-electron chi connectivity index (χ4n) is 3.32. The molecule has 156 valence electrons. The molecule has 0 spiro atoms. The van der Waals surface area contributed by atoms with Crippen molar-refractivity contribution >= 4 is 45.2 Å². The largest absolute Gasteiger partial charge is 0.481 e. The second-order valence-electron chi connectivity index (χ2n) is 7.08. The number of rotatable bonds is 3. The van der Waals surface area contributed by atoms with Gasteiger partial charge >= 0.3 is 0 Å². The first kappa shape index (κ1) is 19.9. The second-order valence-corrected chi connectivity index (χ2v) is 7.08. The highest BCUT2D eigenvalue weighted by Crippen LogP contribution is 2.33. The summed E-state index contributed by atoms with van der Waals surface area (Å²) in [6, 6.07) is 14.4. The molecule has 0 bridgehead atoms. The van der Waals surface area contributed by atoms with Crippen molar-refractivity contribution in [1.29, 1.82) is 0 Å². The summed E-state index contributed by atoms with van der Waals surface area (Å²) in [5.74, 6) is 0.0409. The number of nitrogens with two attached hydrogens (primary N) is 1. The Kier molecular flexibility index (Phi) is 5.23. The number of aryl methyl sites for hydroxylation is 1. The Labute approximate surface area is 177 Å². The monoisotopic (exact) mass is 415 g/mol. The van der Waals surface area contributed by atoms with Crippen molar-refractivity contribution in [1.82, 2.24) is 25.1 Å². The van der Waals surface area contributed by atoms with Gasteiger partial charge in [-0.15, -0.1) is 0 Å². The van der Waals surface area contributed by atoms with Crippen molar-refractivity contribution in [2.45, 2.75) is 13.8 Å². The maximum atomic E-state index is 9.00. The maximum absolute atomic E-state index is 9.00. The lowest BCUT2D eigenvalue weighted by molar-refractivity contribution is -0.134. The van der Waals surface area contributed by atoms with Crippen LogP contribution in [0.2, 0.25) is 0 Å². The number of hydrogen-bond donors (Lipinski definition) is 5. The highest BCUT2D eigenvalue weighted by molar-refractivity contribution is 5.98. The van der Waals surface area contributed by atoms with E-state index in [1.807, 2.05) is 12.3 Å². The summed E-state index contributed by atoms with van der Waals surface area (Å²) in [7, 11) is 0. The minimum Gasteiger partial charge on any atom is -0.481 e. The summed E-state index contributed by atoms with van der Waals surface area (Å²) in [4.78, 5) is 20.6. The van der Waals surface area contributed by atoms with Gasteiger partial charge in [0, 0.05) is 46.4 Å². The second kappa shape index (κ2) is 8.15. The molecular formula is C22H21N7O2. The van der Waals surface area contributed by atoms with E-state index in [0.29, 0.717) is 5.82 Å². The van der Waals surface area contributed by atoms with E-state index in [9.17, 15) is 0 Å². The highest BCUT2D eigenvalue weighted by atomic mass is 16.4. The predicted octanol–water partition coefficient (Wildman–Crippen LogP) is 4.23. The number of aromatic nitrogens is 5. The van der Waals surface area contributed by atoms with Crippen molar-refractivity contribution < 1.29 is 9.90 Å². The van der Waals surface area contributed by atoms with Crippen LogP contribution in [0.15, 0.2) is 54.9 Å². The molecule has 0 atom stereocenters. The molecule has 0 saturated heterocycles. The van der Waals surface area contributed by atoms with E-state index in [-0.39, 0.29) is 5.95 Å². The average Bonchev–Trinajstić information content (AvgIpc) is 3.33. The standard InChI is InChI=1S/C20H17N7.C2H4O2/c1-11-2-3-12-8-17(25-16(12)6-11)15-9-14(7-13-10-23-27-19(13)15)24-18-4-5-22-20(21)26-18;1-2(3)4/h2-10,25H,1H3,(H,23,27)(H3,21,22,24,26);1H3,(H,3,4). The normalized spacial score (nSPS) is 10.6. The number of benzene rings is 2. The lowest BCUT2D eigenvalue weighted by atomic mass is 10.1. The van der Waals surface area contributed by atoms with Gasteiger partial charge in [0.05, 0.1) is 11.7 Å². The SMILES string of the molecule is CC(=O)O.Cc1ccc2cc(-c3cc(Nc4ccnc(N)n4)cc4cn[nH]c34)[nH]c2c1. The highest BCUT2D eigenvalue weighted by Gasteiger charge is 2.12. The molecule has 0 aliphatic carbocycles. The third-order valence-corrected chi connectivity index (χ3v) is 4.56. The summed E-state index contributed by atoms with van der Waals surface area (Å²) in [5, 5.41) is 20.2. The number of anilines is 3. The van der Waals surface area contributed by atoms with E-state index < -0.39 is 5.97 Å². The Hall–Kier alpha value is -4.40. The Morgan fingerprint density at radius 1 is 1.13 bits per heavy atom. The number of nitrogen functional groups attached to an aromatic ring is 1. The van der Waals surface area contributed by atoms with Crippen LogP contribution in [0, 0.1) is 6.92 Å². The minimum absolute atomic E-state index is 0.232. The first-order valence-electron chi connectivity index (χ1n) is 9.51. The Bertz CT molecular complexity index is 1380. The summed E-state index contributed by atoms with van der Waals surface area (Å²) < 4.78 is 0. The number of nitrogens with one attached hydrogen (secondary N) is 3. The van der Waals surface area contributed by atoms with Gasteiger partial charge in [0.15, 0.2) is 0 Å². The van der Waals surface area contributed by atoms with Crippen LogP contribution >= 0.6 is 0 Å². The number of carboxylic acids is 1. The molecule has 5 rings (SSSR count). The zero-order chi connectivity index (χ0) is 22.0. The molecular weight excluding hydrogens is 394 g/mol. The Balaban J connectivity index is 0.000000535. The summed E-state index contributed by atoms with van der Waals surface area (Å²) in [6.07, 6.45) is 3.44. The van der Waals surface area contributed by atoms with E-state index in [4.69, 9.17) is 15.6 Å². The Morgan fingerprint density at radius 2 is 1.94 bits per heavy atom.